The largest absolute Gasteiger partial charge is 0.507 e. The highest BCUT2D eigenvalue weighted by Gasteiger charge is 1.95. The summed E-state index contributed by atoms with van der Waals surface area (Å²) in [7, 11) is 0. The maximum absolute atomic E-state index is 12.4. The van der Waals surface area contributed by atoms with E-state index in [9.17, 15) is 9.50 Å². The Hall–Kier alpha value is -1.79. The van der Waals surface area contributed by atoms with Gasteiger partial charge in [0.2, 0.25) is 0 Å². The molecule has 1 aromatic rings. The molecule has 0 fully saturated rings. The van der Waals surface area contributed by atoms with Crippen molar-refractivity contribution in [3.8, 4) is 0 Å². The van der Waals surface area contributed by atoms with Gasteiger partial charge in [0.15, 0.2) is 0 Å². The maximum atomic E-state index is 12.4. The Balaban J connectivity index is 3.59. The summed E-state index contributed by atoms with van der Waals surface area (Å²) in [6.07, 6.45) is 3.30. The van der Waals surface area contributed by atoms with Gasteiger partial charge in [-0.1, -0.05) is 18.7 Å². The van der Waals surface area contributed by atoms with Gasteiger partial charge < -0.3 is 5.11 Å². The molecule has 0 aromatic heterocycles. The fraction of sp³-hybridized carbons (Fsp3) is 0.154. The number of aliphatic hydroxyl groups is 1. The van der Waals surface area contributed by atoms with E-state index in [1.807, 2.05) is 6.92 Å². The minimum absolute atomic E-state index is 0.133. The molecule has 0 bridgehead atoms. The van der Waals surface area contributed by atoms with E-state index in [1.165, 1.54) is 0 Å². The van der Waals surface area contributed by atoms with E-state index in [2.05, 4.69) is 12.3 Å². The Kier molecular flexibility index (Phi) is 3.90. The molecule has 1 aromatic carbocycles. The van der Waals surface area contributed by atoms with Gasteiger partial charge in [0.25, 0.3) is 0 Å². The van der Waals surface area contributed by atoms with Crippen LogP contribution in [0.25, 0.3) is 11.5 Å². The summed E-state index contributed by atoms with van der Waals surface area (Å²) >= 11 is 0. The van der Waals surface area contributed by atoms with Crippen LogP contribution in [0.4, 0.5) is 4.39 Å². The number of hydrogen-bond acceptors (Lipinski definition) is 1. The normalized spacial score (nSPS) is 12.7. The number of benzene rings is 1. The van der Waals surface area contributed by atoms with Crippen molar-refractivity contribution < 1.29 is 9.50 Å². The van der Waals surface area contributed by atoms with Gasteiger partial charge in [-0.05, 0) is 30.7 Å². The van der Waals surface area contributed by atoms with Gasteiger partial charge >= 0.3 is 0 Å². The molecule has 0 saturated heterocycles. The van der Waals surface area contributed by atoms with Crippen molar-refractivity contribution in [2.24, 2.45) is 0 Å². The second-order valence-corrected chi connectivity index (χ2v) is 3.08. The lowest BCUT2D eigenvalue weighted by molar-refractivity contribution is 0.484. The summed E-state index contributed by atoms with van der Waals surface area (Å²) in [5, 5.41) is 10.9. The van der Waals surface area contributed by atoms with Crippen molar-refractivity contribution in [1.82, 2.24) is 0 Å². The molecule has 0 saturated carbocycles. The number of halogens is 1. The Morgan fingerprint density at radius 3 is 2.87 bits per heavy atom. The first kappa shape index (κ1) is 11.3. The monoisotopic (exact) mass is 204 g/mol. The molecule has 1 rings (SSSR count). The standard InChI is InChI=1S/C13H13FO/c1-3-5-13(15)12-7-6-10(9-14)8-11(12)4-2/h3,5-8,15H,2,9H2,1H3/b5-3-,13-12+. The number of allylic oxidation sites excluding steroid dienone is 1. The molecule has 0 radical (unpaired) electrons. The molecule has 0 unspecified atom stereocenters. The zero-order chi connectivity index (χ0) is 11.3. The zero-order valence-electron chi connectivity index (χ0n) is 8.63. The fourth-order valence-electron chi connectivity index (χ4n) is 1.29. The first-order valence-electron chi connectivity index (χ1n) is 4.64. The highest BCUT2D eigenvalue weighted by atomic mass is 19.1. The average molecular weight is 204 g/mol. The fourth-order valence-corrected chi connectivity index (χ4v) is 1.29. The van der Waals surface area contributed by atoms with Crippen LogP contribution >= 0.6 is 0 Å². The van der Waals surface area contributed by atoms with Crippen LogP contribution in [0.1, 0.15) is 12.5 Å². The molecule has 0 heterocycles. The van der Waals surface area contributed by atoms with E-state index in [0.29, 0.717) is 16.0 Å². The Morgan fingerprint density at radius 1 is 1.60 bits per heavy atom. The second kappa shape index (κ2) is 5.18. The molecule has 2 heteroatoms. The summed E-state index contributed by atoms with van der Waals surface area (Å²) in [5.41, 5.74) is 3.23. The minimum atomic E-state index is -0.528. The highest BCUT2D eigenvalue weighted by molar-refractivity contribution is 5.48. The van der Waals surface area contributed by atoms with Gasteiger partial charge in [-0.3, -0.25) is 0 Å². The molecular formula is C13H13FO. The van der Waals surface area contributed by atoms with Crippen molar-refractivity contribution in [1.29, 1.82) is 0 Å². The number of hydrogen-bond donors (Lipinski definition) is 1. The first-order valence-corrected chi connectivity index (χ1v) is 4.64. The van der Waals surface area contributed by atoms with Crippen LogP contribution in [0.3, 0.4) is 0 Å². The zero-order valence-corrected chi connectivity index (χ0v) is 8.63. The molecule has 0 amide bonds. The van der Waals surface area contributed by atoms with E-state index in [1.54, 1.807) is 30.4 Å². The smallest absolute Gasteiger partial charge is 0.123 e. The summed E-state index contributed by atoms with van der Waals surface area (Å²) in [6.45, 7) is 4.79. The van der Waals surface area contributed by atoms with Crippen LogP contribution in [-0.4, -0.2) is 5.11 Å². The molecular weight excluding hydrogens is 191 g/mol. The highest BCUT2D eigenvalue weighted by Crippen LogP contribution is 1.95. The quantitative estimate of drug-likeness (QED) is 0.780. The van der Waals surface area contributed by atoms with Crippen LogP contribution in [-0.2, 0) is 6.67 Å². The average Bonchev–Trinajstić information content (AvgIpc) is 2.28. The first-order chi connectivity index (χ1) is 7.22. The van der Waals surface area contributed by atoms with E-state index >= 15 is 0 Å². The Morgan fingerprint density at radius 2 is 2.33 bits per heavy atom. The van der Waals surface area contributed by atoms with Crippen molar-refractivity contribution in [2.75, 3.05) is 0 Å². The van der Waals surface area contributed by atoms with Crippen molar-refractivity contribution in [2.45, 2.75) is 13.6 Å². The van der Waals surface area contributed by atoms with Gasteiger partial charge in [0, 0.05) is 10.4 Å². The van der Waals surface area contributed by atoms with Crippen molar-refractivity contribution in [3.63, 3.8) is 0 Å². The molecule has 0 aliphatic rings. The topological polar surface area (TPSA) is 20.2 Å². The molecule has 0 aliphatic carbocycles. The summed E-state index contributed by atoms with van der Waals surface area (Å²) in [5.74, 6) is 0.133. The van der Waals surface area contributed by atoms with Gasteiger partial charge in [0.1, 0.15) is 12.4 Å². The summed E-state index contributed by atoms with van der Waals surface area (Å²) in [4.78, 5) is 0. The molecule has 1 N–H and O–H groups in total. The lowest BCUT2D eigenvalue weighted by Crippen LogP contribution is -2.26. The predicted molar refractivity (Wildman–Crippen MR) is 60.4 cm³/mol. The lowest BCUT2D eigenvalue weighted by atomic mass is 10.1. The van der Waals surface area contributed by atoms with Gasteiger partial charge in [-0.25, -0.2) is 4.39 Å². The molecule has 78 valence electrons. The number of aliphatic hydroxyl groups excluding tert-OH is 1. The van der Waals surface area contributed by atoms with Gasteiger partial charge in [0.05, 0.1) is 0 Å². The third kappa shape index (κ3) is 2.58. The van der Waals surface area contributed by atoms with Crippen LogP contribution in [0.15, 0.2) is 36.9 Å². The summed E-state index contributed by atoms with van der Waals surface area (Å²) < 4.78 is 12.4. The SMILES string of the molecule is C=C=c1cc(CF)cc/c1=C(O)/C=C\C. The van der Waals surface area contributed by atoms with Crippen molar-refractivity contribution in [3.05, 3.63) is 52.9 Å². The number of alkyl halides is 1. The number of rotatable bonds is 2. The maximum Gasteiger partial charge on any atom is 0.123 e. The Bertz CT molecular complexity index is 508. The van der Waals surface area contributed by atoms with E-state index in [4.69, 9.17) is 0 Å². The third-order valence-corrected chi connectivity index (χ3v) is 2.03. The van der Waals surface area contributed by atoms with Gasteiger partial charge in [-0.2, -0.15) is 0 Å². The minimum Gasteiger partial charge on any atom is -0.507 e. The van der Waals surface area contributed by atoms with E-state index in [-0.39, 0.29) is 5.76 Å². The molecule has 1 nitrogen and oxygen atoms in total. The summed E-state index contributed by atoms with van der Waals surface area (Å²) in [6, 6.07) is 4.93. The molecule has 0 atom stereocenters. The molecule has 0 aliphatic heterocycles. The van der Waals surface area contributed by atoms with Gasteiger partial charge in [-0.15, -0.1) is 5.73 Å². The Labute approximate surface area is 88.2 Å². The molecule has 15 heavy (non-hydrogen) atoms. The van der Waals surface area contributed by atoms with Crippen LogP contribution < -0.4 is 10.4 Å². The van der Waals surface area contributed by atoms with E-state index in [0.717, 1.165) is 0 Å². The van der Waals surface area contributed by atoms with Crippen LogP contribution in [0.2, 0.25) is 0 Å². The lowest BCUT2D eigenvalue weighted by Gasteiger charge is -1.96. The van der Waals surface area contributed by atoms with Crippen molar-refractivity contribution >= 4 is 11.5 Å². The van der Waals surface area contributed by atoms with Crippen LogP contribution in [0, 0.1) is 0 Å². The second-order valence-electron chi connectivity index (χ2n) is 3.08. The van der Waals surface area contributed by atoms with E-state index < -0.39 is 6.67 Å². The van der Waals surface area contributed by atoms with Crippen LogP contribution in [0.5, 0.6) is 0 Å². The third-order valence-electron chi connectivity index (χ3n) is 2.03. The molecule has 0 spiro atoms. The predicted octanol–water partition coefficient (Wildman–Crippen LogP) is 1.96.